The van der Waals surface area contributed by atoms with E-state index in [1.807, 2.05) is 5.92 Å². The maximum Gasteiger partial charge on any atom is 0.490 e. The summed E-state index contributed by atoms with van der Waals surface area (Å²) in [5.41, 5.74) is -6.12. The van der Waals surface area contributed by atoms with Crippen LogP contribution in [0.3, 0.4) is 0 Å². The van der Waals surface area contributed by atoms with Gasteiger partial charge in [0, 0.05) is 0 Å². The van der Waals surface area contributed by atoms with Gasteiger partial charge in [0.25, 0.3) is 5.56 Å². The number of hydrogen-bond donors (Lipinski definition) is 6. The molecule has 1 aromatic heterocycles. The van der Waals surface area contributed by atoms with E-state index < -0.39 is 83.3 Å². The van der Waals surface area contributed by atoms with Gasteiger partial charge in [0.15, 0.2) is 12.3 Å². The van der Waals surface area contributed by atoms with Crippen LogP contribution in [0.2, 0.25) is 0 Å². The minimum Gasteiger partial charge on any atom is -0.459 e. The summed E-state index contributed by atoms with van der Waals surface area (Å²) in [4.78, 5) is 75.3. The fourth-order valence-corrected chi connectivity index (χ4v) is 6.82. The second-order valence-electron chi connectivity index (χ2n) is 8.39. The summed E-state index contributed by atoms with van der Waals surface area (Å²) in [6.07, 6.45) is -10.3. The van der Waals surface area contributed by atoms with Gasteiger partial charge in [-0.15, -0.1) is 5.92 Å². The van der Waals surface area contributed by atoms with Gasteiger partial charge in [-0.25, -0.2) is 27.7 Å². The zero-order valence-corrected chi connectivity index (χ0v) is 23.9. The molecule has 2 heterocycles. The first-order chi connectivity index (χ1) is 19.8. The van der Waals surface area contributed by atoms with Crippen molar-refractivity contribution in [2.24, 2.45) is 0 Å². The van der Waals surface area contributed by atoms with Crippen LogP contribution in [0.4, 0.5) is 8.78 Å². The molecular formula is C20H21F2N2O16P3. The van der Waals surface area contributed by atoms with E-state index in [0.717, 1.165) is 6.92 Å². The summed E-state index contributed by atoms with van der Waals surface area (Å²) >= 11 is 0. The second kappa shape index (κ2) is 13.0. The van der Waals surface area contributed by atoms with E-state index in [0.29, 0.717) is 5.56 Å². The topological polar surface area (TPSA) is 270 Å². The Bertz CT molecular complexity index is 1680. The van der Waals surface area contributed by atoms with E-state index >= 15 is 4.39 Å². The summed E-state index contributed by atoms with van der Waals surface area (Å²) < 4.78 is 87.6. The molecule has 0 radical (unpaired) electrons. The first-order valence-corrected chi connectivity index (χ1v) is 15.8. The fraction of sp³-hybridized carbons (Fsp3) is 0.350. The molecule has 0 spiro atoms. The Morgan fingerprint density at radius 2 is 1.77 bits per heavy atom. The third-order valence-corrected chi connectivity index (χ3v) is 9.12. The highest BCUT2D eigenvalue weighted by atomic mass is 31.3. The minimum absolute atomic E-state index is 0.0987. The number of alkyl halides is 1. The predicted molar refractivity (Wildman–Crippen MR) is 133 cm³/mol. The number of ether oxygens (including phenoxy) is 2. The molecule has 1 aromatic carbocycles. The Balaban J connectivity index is 2.05. The zero-order chi connectivity index (χ0) is 32.4. The number of aliphatic hydroxyl groups is 1. The van der Waals surface area contributed by atoms with Crippen LogP contribution in [0.5, 0.6) is 0 Å². The quantitative estimate of drug-likeness (QED) is 0.105. The number of H-pyrrole nitrogens is 1. The number of phosphoric acid groups is 3. The normalized spacial score (nSPS) is 25.5. The number of halogens is 2. The molecule has 0 amide bonds. The van der Waals surface area contributed by atoms with Crippen molar-refractivity contribution < 1.29 is 74.6 Å². The number of nitrogens with zero attached hydrogens (tertiary/aromatic N) is 1. The number of rotatable bonds is 11. The third kappa shape index (κ3) is 8.61. The van der Waals surface area contributed by atoms with E-state index in [1.165, 1.54) is 29.2 Å². The fourth-order valence-electron chi connectivity index (χ4n) is 3.66. The Kier molecular flexibility index (Phi) is 10.5. The molecule has 7 atom stereocenters. The minimum atomic E-state index is -6.17. The first kappa shape index (κ1) is 34.6. The van der Waals surface area contributed by atoms with Crippen molar-refractivity contribution in [1.82, 2.24) is 9.55 Å². The predicted octanol–water partition coefficient (Wildman–Crippen LogP) is 0.121. The molecule has 0 aliphatic carbocycles. The van der Waals surface area contributed by atoms with E-state index in [2.05, 4.69) is 19.1 Å². The summed E-state index contributed by atoms with van der Waals surface area (Å²) in [7, 11) is -18.1. The largest absolute Gasteiger partial charge is 0.490 e. The number of benzene rings is 1. The lowest BCUT2D eigenvalue weighted by atomic mass is 9.94. The van der Waals surface area contributed by atoms with E-state index in [1.54, 1.807) is 6.07 Å². The Morgan fingerprint density at radius 1 is 1.14 bits per heavy atom. The molecule has 4 unspecified atom stereocenters. The molecular weight excluding hydrogens is 655 g/mol. The highest BCUT2D eigenvalue weighted by Gasteiger charge is 2.62. The molecule has 0 bridgehead atoms. The van der Waals surface area contributed by atoms with Gasteiger partial charge in [-0.05, 0) is 12.5 Å². The number of esters is 1. The van der Waals surface area contributed by atoms with Crippen molar-refractivity contribution in [3.05, 3.63) is 68.7 Å². The van der Waals surface area contributed by atoms with Gasteiger partial charge < -0.3 is 34.2 Å². The SMILES string of the molecule is CC#CC1(F)C(O)[C@@H]([C@H](OP(=O)(O)OP(=O)(O)OP(=O)(O)O)C(=O)OCc2ccccc2)O[C@H]1n1cc(F)c(=O)[nH]c1=O. The number of phosphoric ester groups is 1. The number of carbonyl (C=O) groups is 1. The van der Waals surface area contributed by atoms with Gasteiger partial charge in [-0.2, -0.15) is 13.0 Å². The summed E-state index contributed by atoms with van der Waals surface area (Å²) in [5, 5.41) is 10.9. The molecule has 6 N–H and O–H groups in total. The Labute approximate surface area is 238 Å². The van der Waals surface area contributed by atoms with Crippen LogP contribution < -0.4 is 11.2 Å². The molecule has 0 saturated carbocycles. The molecule has 43 heavy (non-hydrogen) atoms. The van der Waals surface area contributed by atoms with Gasteiger partial charge in [0.1, 0.15) is 18.8 Å². The smallest absolute Gasteiger partial charge is 0.459 e. The highest BCUT2D eigenvalue weighted by molar-refractivity contribution is 7.66. The van der Waals surface area contributed by atoms with Crippen LogP contribution in [0.1, 0.15) is 18.7 Å². The number of aromatic amines is 1. The van der Waals surface area contributed by atoms with Gasteiger partial charge in [0.05, 0.1) is 6.20 Å². The van der Waals surface area contributed by atoms with Crippen LogP contribution in [0.25, 0.3) is 0 Å². The van der Waals surface area contributed by atoms with Crippen LogP contribution in [-0.4, -0.2) is 64.2 Å². The van der Waals surface area contributed by atoms with Crippen molar-refractivity contribution in [2.75, 3.05) is 0 Å². The summed E-state index contributed by atoms with van der Waals surface area (Å²) in [6, 6.07) is 7.58. The maximum absolute atomic E-state index is 16.2. The lowest BCUT2D eigenvalue weighted by Gasteiger charge is -2.26. The monoisotopic (exact) mass is 676 g/mol. The van der Waals surface area contributed by atoms with Crippen LogP contribution in [0.15, 0.2) is 46.1 Å². The van der Waals surface area contributed by atoms with Gasteiger partial charge in [0.2, 0.25) is 11.5 Å². The van der Waals surface area contributed by atoms with E-state index in [9.17, 15) is 47.4 Å². The average molecular weight is 676 g/mol. The number of carbonyl (C=O) groups excluding carboxylic acids is 1. The van der Waals surface area contributed by atoms with Crippen molar-refractivity contribution in [3.63, 3.8) is 0 Å². The highest BCUT2D eigenvalue weighted by Crippen LogP contribution is 2.67. The Morgan fingerprint density at radius 3 is 2.35 bits per heavy atom. The molecule has 1 aliphatic heterocycles. The molecule has 3 rings (SSSR count). The molecule has 23 heteroatoms. The lowest BCUT2D eigenvalue weighted by molar-refractivity contribution is -0.166. The van der Waals surface area contributed by atoms with Crippen molar-refractivity contribution >= 4 is 29.4 Å². The molecule has 1 fully saturated rings. The van der Waals surface area contributed by atoms with Crippen LogP contribution in [-0.2, 0) is 47.7 Å². The number of nitrogens with one attached hydrogen (secondary N) is 1. The Hall–Kier alpha value is -2.88. The summed E-state index contributed by atoms with van der Waals surface area (Å²) in [5.74, 6) is 0.586. The molecule has 18 nitrogen and oxygen atoms in total. The van der Waals surface area contributed by atoms with Gasteiger partial charge in [-0.1, -0.05) is 36.3 Å². The molecule has 1 aliphatic rings. The maximum atomic E-state index is 16.2. The standard InChI is InChI=1S/C20H21F2N2O16P3/c1-2-8-20(22)15(25)13(37-18(20)24-9-12(21)16(26)23-19(24)28)14(17(27)36-10-11-6-4-3-5-7-11)38-42(32,33)40-43(34,35)39-41(29,30)31/h3-7,9,13-15,18,25H,10H2,1H3,(H,32,33)(H,34,35)(H,23,26,28)(H2,29,30,31)/t13-,14+,15?,18-,20?/m1/s1. The average Bonchev–Trinajstić information content (AvgIpc) is 3.12. The van der Waals surface area contributed by atoms with E-state index in [4.69, 9.17) is 19.3 Å². The molecule has 2 aromatic rings. The van der Waals surface area contributed by atoms with Crippen molar-refractivity contribution in [3.8, 4) is 11.8 Å². The van der Waals surface area contributed by atoms with Crippen LogP contribution >= 0.6 is 23.5 Å². The van der Waals surface area contributed by atoms with Crippen molar-refractivity contribution in [1.29, 1.82) is 0 Å². The summed E-state index contributed by atoms with van der Waals surface area (Å²) in [6.45, 7) is 0.481. The molecule has 1 saturated heterocycles. The number of aromatic nitrogens is 2. The second-order valence-corrected chi connectivity index (χ2v) is 12.8. The zero-order valence-electron chi connectivity index (χ0n) is 21.3. The van der Waals surface area contributed by atoms with E-state index in [-0.39, 0.29) is 10.8 Å². The van der Waals surface area contributed by atoms with Gasteiger partial charge in [-0.3, -0.25) is 18.9 Å². The first-order valence-electron chi connectivity index (χ1n) is 11.3. The number of aliphatic hydroxyl groups excluding tert-OH is 1. The third-order valence-electron chi connectivity index (χ3n) is 5.30. The lowest BCUT2D eigenvalue weighted by Crippen LogP contribution is -2.48. The van der Waals surface area contributed by atoms with Gasteiger partial charge >= 0.3 is 35.1 Å². The van der Waals surface area contributed by atoms with Crippen molar-refractivity contribution in [2.45, 2.75) is 43.7 Å². The van der Waals surface area contributed by atoms with Crippen LogP contribution in [0, 0.1) is 17.7 Å². The number of hydrogen-bond acceptors (Lipinski definition) is 12. The molecule has 236 valence electrons.